The van der Waals surface area contributed by atoms with Crippen molar-refractivity contribution in [3.05, 3.63) is 65.2 Å². The van der Waals surface area contributed by atoms with Crippen LogP contribution in [0.15, 0.2) is 48.5 Å². The SMILES string of the molecule is CC(=O)Nc1cccc([C@@H]2O[C@H](CN3CC[C@H](O)C3)[C@H](C)[C@H](c3ccc(CO)cc3)O2)c1. The van der Waals surface area contributed by atoms with Crippen LogP contribution in [0.2, 0.25) is 0 Å². The third kappa shape index (κ3) is 5.36. The van der Waals surface area contributed by atoms with Crippen molar-refractivity contribution in [3.8, 4) is 0 Å². The fraction of sp³-hybridized carbons (Fsp3) is 0.480. The molecule has 7 nitrogen and oxygen atoms in total. The van der Waals surface area contributed by atoms with Crippen LogP contribution in [0.4, 0.5) is 5.69 Å². The maximum absolute atomic E-state index is 11.5. The van der Waals surface area contributed by atoms with Gasteiger partial charge in [0.1, 0.15) is 0 Å². The Labute approximate surface area is 189 Å². The lowest BCUT2D eigenvalue weighted by molar-refractivity contribution is -0.276. The fourth-order valence-corrected chi connectivity index (χ4v) is 4.53. The van der Waals surface area contributed by atoms with E-state index < -0.39 is 6.29 Å². The molecule has 0 spiro atoms. The molecule has 0 bridgehead atoms. The molecule has 2 fully saturated rings. The molecule has 2 aromatic rings. The van der Waals surface area contributed by atoms with Crippen LogP contribution < -0.4 is 5.32 Å². The van der Waals surface area contributed by atoms with E-state index in [1.54, 1.807) is 0 Å². The van der Waals surface area contributed by atoms with Crippen molar-refractivity contribution in [1.82, 2.24) is 4.90 Å². The summed E-state index contributed by atoms with van der Waals surface area (Å²) < 4.78 is 12.9. The Hall–Kier alpha value is -2.29. The molecule has 5 atom stereocenters. The van der Waals surface area contributed by atoms with E-state index in [-0.39, 0.29) is 36.7 Å². The largest absolute Gasteiger partial charge is 0.392 e. The van der Waals surface area contributed by atoms with E-state index >= 15 is 0 Å². The van der Waals surface area contributed by atoms with E-state index in [9.17, 15) is 15.0 Å². The zero-order valence-electron chi connectivity index (χ0n) is 18.6. The number of aliphatic hydroxyl groups excluding tert-OH is 2. The topological polar surface area (TPSA) is 91.3 Å². The number of ether oxygens (including phenoxy) is 2. The van der Waals surface area contributed by atoms with Gasteiger partial charge in [0.15, 0.2) is 6.29 Å². The van der Waals surface area contributed by atoms with Crippen molar-refractivity contribution < 1.29 is 24.5 Å². The number of aliphatic hydroxyl groups is 2. The first kappa shape index (κ1) is 22.9. The monoisotopic (exact) mass is 440 g/mol. The minimum atomic E-state index is -0.583. The van der Waals surface area contributed by atoms with Crippen molar-refractivity contribution >= 4 is 11.6 Å². The molecular weight excluding hydrogens is 408 g/mol. The summed E-state index contributed by atoms with van der Waals surface area (Å²) in [6.45, 7) is 5.84. The van der Waals surface area contributed by atoms with Crippen molar-refractivity contribution in [1.29, 1.82) is 0 Å². The Morgan fingerprint density at radius 2 is 1.94 bits per heavy atom. The van der Waals surface area contributed by atoms with Gasteiger partial charge in [0.25, 0.3) is 0 Å². The maximum atomic E-state index is 11.5. The molecular formula is C25H32N2O5. The van der Waals surface area contributed by atoms with Crippen LogP contribution in [0.25, 0.3) is 0 Å². The van der Waals surface area contributed by atoms with Gasteiger partial charge >= 0.3 is 0 Å². The molecule has 3 N–H and O–H groups in total. The molecule has 0 aromatic heterocycles. The van der Waals surface area contributed by atoms with Crippen molar-refractivity contribution in [3.63, 3.8) is 0 Å². The molecule has 2 heterocycles. The summed E-state index contributed by atoms with van der Waals surface area (Å²) in [4.78, 5) is 13.7. The number of β-amino-alcohol motifs (C(OH)–C–C–N with tert-alkyl or cyclic N) is 1. The average molecular weight is 441 g/mol. The minimum absolute atomic E-state index is 0.00292. The molecule has 4 rings (SSSR count). The summed E-state index contributed by atoms with van der Waals surface area (Å²) in [5, 5.41) is 22.1. The zero-order chi connectivity index (χ0) is 22.7. The first-order valence-corrected chi connectivity index (χ1v) is 11.2. The van der Waals surface area contributed by atoms with Crippen molar-refractivity contribution in [2.75, 3.05) is 25.0 Å². The predicted molar refractivity (Wildman–Crippen MR) is 121 cm³/mol. The van der Waals surface area contributed by atoms with E-state index in [1.165, 1.54) is 6.92 Å². The highest BCUT2D eigenvalue weighted by Gasteiger charge is 2.39. The van der Waals surface area contributed by atoms with E-state index in [0.29, 0.717) is 18.8 Å². The molecule has 7 heteroatoms. The van der Waals surface area contributed by atoms with Crippen LogP contribution in [0.3, 0.4) is 0 Å². The van der Waals surface area contributed by atoms with Gasteiger partial charge in [0.05, 0.1) is 24.9 Å². The predicted octanol–water partition coefficient (Wildman–Crippen LogP) is 3.00. The molecule has 1 amide bonds. The molecule has 2 aliphatic heterocycles. The van der Waals surface area contributed by atoms with E-state index in [0.717, 1.165) is 29.7 Å². The number of nitrogens with zero attached hydrogens (tertiary/aromatic N) is 1. The van der Waals surface area contributed by atoms with Gasteiger partial charge in [-0.05, 0) is 29.7 Å². The molecule has 2 aliphatic rings. The second-order valence-electron chi connectivity index (χ2n) is 8.83. The number of likely N-dealkylation sites (tertiary alicyclic amines) is 1. The number of rotatable bonds is 6. The number of carbonyl (C=O) groups excluding carboxylic acids is 1. The van der Waals surface area contributed by atoms with E-state index in [1.807, 2.05) is 48.5 Å². The number of benzene rings is 2. The fourth-order valence-electron chi connectivity index (χ4n) is 4.53. The quantitative estimate of drug-likeness (QED) is 0.640. The van der Waals surface area contributed by atoms with E-state index in [2.05, 4.69) is 17.1 Å². The van der Waals surface area contributed by atoms with Gasteiger partial charge in [0, 0.05) is 43.7 Å². The van der Waals surface area contributed by atoms with Gasteiger partial charge in [0.2, 0.25) is 5.91 Å². The molecule has 32 heavy (non-hydrogen) atoms. The summed E-state index contributed by atoms with van der Waals surface area (Å²) in [5.41, 5.74) is 3.43. The summed E-state index contributed by atoms with van der Waals surface area (Å²) in [6.07, 6.45) is -0.363. The number of hydrogen-bond donors (Lipinski definition) is 3. The first-order valence-electron chi connectivity index (χ1n) is 11.2. The molecule has 172 valence electrons. The lowest BCUT2D eigenvalue weighted by Gasteiger charge is -2.42. The number of hydrogen-bond acceptors (Lipinski definition) is 6. The molecule has 0 aliphatic carbocycles. The molecule has 2 saturated heterocycles. The van der Waals surface area contributed by atoms with Gasteiger partial charge in [-0.1, -0.05) is 43.3 Å². The van der Waals surface area contributed by atoms with Crippen LogP contribution in [-0.4, -0.2) is 52.9 Å². The Bertz CT molecular complexity index is 919. The van der Waals surface area contributed by atoms with Crippen molar-refractivity contribution in [2.24, 2.45) is 5.92 Å². The third-order valence-electron chi connectivity index (χ3n) is 6.29. The van der Waals surface area contributed by atoms with Crippen LogP contribution in [0, 0.1) is 5.92 Å². The number of anilines is 1. The Kier molecular flexibility index (Phi) is 7.23. The van der Waals surface area contributed by atoms with Gasteiger partial charge in [-0.2, -0.15) is 0 Å². The normalized spacial score (nSPS) is 28.6. The van der Waals surface area contributed by atoms with Crippen LogP contribution in [-0.2, 0) is 20.9 Å². The van der Waals surface area contributed by atoms with Crippen molar-refractivity contribution in [2.45, 2.75) is 51.5 Å². The maximum Gasteiger partial charge on any atom is 0.221 e. The lowest BCUT2D eigenvalue weighted by Crippen LogP contribution is -2.44. The van der Waals surface area contributed by atoms with Gasteiger partial charge in [-0.25, -0.2) is 0 Å². The summed E-state index contributed by atoms with van der Waals surface area (Å²) >= 11 is 0. The molecule has 0 unspecified atom stereocenters. The van der Waals surface area contributed by atoms with E-state index in [4.69, 9.17) is 9.47 Å². The summed E-state index contributed by atoms with van der Waals surface area (Å²) in [6, 6.07) is 15.4. The summed E-state index contributed by atoms with van der Waals surface area (Å²) in [7, 11) is 0. The molecule has 2 aromatic carbocycles. The van der Waals surface area contributed by atoms with Gasteiger partial charge in [-0.3, -0.25) is 9.69 Å². The summed E-state index contributed by atoms with van der Waals surface area (Å²) in [5.74, 6) is -0.0453. The minimum Gasteiger partial charge on any atom is -0.392 e. The number of carbonyl (C=O) groups is 1. The van der Waals surface area contributed by atoms with Crippen LogP contribution >= 0.6 is 0 Å². The Balaban J connectivity index is 1.60. The first-order chi connectivity index (χ1) is 15.4. The number of nitrogens with one attached hydrogen (secondary N) is 1. The Morgan fingerprint density at radius 1 is 1.16 bits per heavy atom. The van der Waals surface area contributed by atoms with Crippen LogP contribution in [0.5, 0.6) is 0 Å². The standard InChI is InChI=1S/C25H32N2O5/c1-16-23(14-27-11-10-22(30)13-27)31-25(20-4-3-5-21(12-20)26-17(2)29)32-24(16)19-8-6-18(15-28)7-9-19/h3-9,12,16,22-25,28,30H,10-11,13-15H2,1-2H3,(H,26,29)/t16-,22-,23+,24+,25+/m0/s1. The molecule has 0 saturated carbocycles. The molecule has 0 radical (unpaired) electrons. The van der Waals surface area contributed by atoms with Crippen LogP contribution in [0.1, 0.15) is 49.4 Å². The second kappa shape index (κ2) is 10.1. The highest BCUT2D eigenvalue weighted by atomic mass is 16.7. The third-order valence-corrected chi connectivity index (χ3v) is 6.29. The Morgan fingerprint density at radius 3 is 2.59 bits per heavy atom. The second-order valence-corrected chi connectivity index (χ2v) is 8.83. The van der Waals surface area contributed by atoms with Gasteiger partial charge in [-0.15, -0.1) is 0 Å². The zero-order valence-corrected chi connectivity index (χ0v) is 18.6. The average Bonchev–Trinajstić information content (AvgIpc) is 3.19. The van der Waals surface area contributed by atoms with Gasteiger partial charge < -0.3 is 25.0 Å². The highest BCUT2D eigenvalue weighted by Crippen LogP contribution is 2.42. The lowest BCUT2D eigenvalue weighted by atomic mass is 9.90. The number of amides is 1. The smallest absolute Gasteiger partial charge is 0.221 e. The highest BCUT2D eigenvalue weighted by molar-refractivity contribution is 5.88.